The van der Waals surface area contributed by atoms with Gasteiger partial charge in [0.15, 0.2) is 0 Å². The SMILES string of the molecule is C[C@@H](N)c1ccc(SCc2ccccc2)cc1. The van der Waals surface area contributed by atoms with Gasteiger partial charge in [0.05, 0.1) is 0 Å². The van der Waals surface area contributed by atoms with E-state index >= 15 is 0 Å². The molecule has 2 heteroatoms. The van der Waals surface area contributed by atoms with Crippen molar-refractivity contribution < 1.29 is 0 Å². The molecule has 2 aromatic carbocycles. The van der Waals surface area contributed by atoms with Crippen molar-refractivity contribution in [2.45, 2.75) is 23.6 Å². The Labute approximate surface area is 107 Å². The molecule has 0 aliphatic heterocycles. The second-order valence-corrected chi connectivity index (χ2v) is 5.18. The van der Waals surface area contributed by atoms with Crippen LogP contribution in [0.15, 0.2) is 59.5 Å². The van der Waals surface area contributed by atoms with Gasteiger partial charge in [-0.1, -0.05) is 42.5 Å². The van der Waals surface area contributed by atoms with Crippen molar-refractivity contribution in [1.82, 2.24) is 0 Å². The monoisotopic (exact) mass is 243 g/mol. The molecule has 0 spiro atoms. The molecule has 17 heavy (non-hydrogen) atoms. The maximum absolute atomic E-state index is 5.82. The summed E-state index contributed by atoms with van der Waals surface area (Å²) in [5, 5.41) is 0. The van der Waals surface area contributed by atoms with Crippen LogP contribution in [0.2, 0.25) is 0 Å². The molecular weight excluding hydrogens is 226 g/mol. The number of hydrogen-bond acceptors (Lipinski definition) is 2. The third-order valence-electron chi connectivity index (χ3n) is 2.65. The van der Waals surface area contributed by atoms with E-state index in [-0.39, 0.29) is 6.04 Å². The van der Waals surface area contributed by atoms with Crippen molar-refractivity contribution in [3.8, 4) is 0 Å². The summed E-state index contributed by atoms with van der Waals surface area (Å²) in [7, 11) is 0. The van der Waals surface area contributed by atoms with Crippen LogP contribution in [0.25, 0.3) is 0 Å². The van der Waals surface area contributed by atoms with E-state index in [2.05, 4.69) is 48.5 Å². The van der Waals surface area contributed by atoms with Crippen molar-refractivity contribution in [1.29, 1.82) is 0 Å². The fraction of sp³-hybridized carbons (Fsp3) is 0.200. The van der Waals surface area contributed by atoms with E-state index in [0.29, 0.717) is 0 Å². The second-order valence-electron chi connectivity index (χ2n) is 4.13. The smallest absolute Gasteiger partial charge is 0.0266 e. The zero-order valence-electron chi connectivity index (χ0n) is 9.97. The lowest BCUT2D eigenvalue weighted by atomic mass is 10.1. The van der Waals surface area contributed by atoms with Gasteiger partial charge >= 0.3 is 0 Å². The Kier molecular flexibility index (Phi) is 4.24. The Morgan fingerprint density at radius 1 is 1.00 bits per heavy atom. The highest BCUT2D eigenvalue weighted by molar-refractivity contribution is 7.98. The van der Waals surface area contributed by atoms with E-state index in [9.17, 15) is 0 Å². The quantitative estimate of drug-likeness (QED) is 0.821. The number of nitrogens with two attached hydrogens (primary N) is 1. The molecule has 88 valence electrons. The highest BCUT2D eigenvalue weighted by Gasteiger charge is 2.00. The fourth-order valence-corrected chi connectivity index (χ4v) is 2.46. The molecule has 2 rings (SSSR count). The topological polar surface area (TPSA) is 26.0 Å². The second kappa shape index (κ2) is 5.89. The van der Waals surface area contributed by atoms with Gasteiger partial charge in [0.1, 0.15) is 0 Å². The van der Waals surface area contributed by atoms with Crippen LogP contribution in [-0.4, -0.2) is 0 Å². The van der Waals surface area contributed by atoms with E-state index in [1.165, 1.54) is 16.0 Å². The largest absolute Gasteiger partial charge is 0.324 e. The summed E-state index contributed by atoms with van der Waals surface area (Å²) in [6, 6.07) is 19.1. The Morgan fingerprint density at radius 2 is 1.65 bits per heavy atom. The Morgan fingerprint density at radius 3 is 2.24 bits per heavy atom. The molecule has 0 unspecified atom stereocenters. The molecule has 1 atom stereocenters. The molecular formula is C15H17NS. The van der Waals surface area contributed by atoms with Gasteiger partial charge in [-0.25, -0.2) is 0 Å². The Bertz CT molecular complexity index is 448. The molecule has 2 aromatic rings. The summed E-state index contributed by atoms with van der Waals surface area (Å²) in [6.07, 6.45) is 0. The summed E-state index contributed by atoms with van der Waals surface area (Å²) < 4.78 is 0. The van der Waals surface area contributed by atoms with Crippen LogP contribution < -0.4 is 5.73 Å². The first kappa shape index (κ1) is 12.2. The maximum atomic E-state index is 5.82. The lowest BCUT2D eigenvalue weighted by molar-refractivity contribution is 0.817. The number of thioether (sulfide) groups is 1. The van der Waals surface area contributed by atoms with Crippen molar-refractivity contribution >= 4 is 11.8 Å². The highest BCUT2D eigenvalue weighted by Crippen LogP contribution is 2.23. The molecule has 0 aliphatic carbocycles. The molecule has 0 bridgehead atoms. The minimum absolute atomic E-state index is 0.114. The van der Waals surface area contributed by atoms with E-state index < -0.39 is 0 Å². The van der Waals surface area contributed by atoms with Crippen LogP contribution >= 0.6 is 11.8 Å². The molecule has 0 saturated carbocycles. The zero-order chi connectivity index (χ0) is 12.1. The molecule has 2 N–H and O–H groups in total. The predicted octanol–water partition coefficient (Wildman–Crippen LogP) is 4.00. The number of hydrogen-bond donors (Lipinski definition) is 1. The van der Waals surface area contributed by atoms with Gasteiger partial charge in [0.2, 0.25) is 0 Å². The highest BCUT2D eigenvalue weighted by atomic mass is 32.2. The zero-order valence-corrected chi connectivity index (χ0v) is 10.8. The third-order valence-corrected chi connectivity index (χ3v) is 3.74. The average molecular weight is 243 g/mol. The van der Waals surface area contributed by atoms with Crippen LogP contribution in [0.4, 0.5) is 0 Å². The minimum Gasteiger partial charge on any atom is -0.324 e. The van der Waals surface area contributed by atoms with Crippen molar-refractivity contribution in [3.05, 3.63) is 65.7 Å². The predicted molar refractivity (Wildman–Crippen MR) is 75.0 cm³/mol. The van der Waals surface area contributed by atoms with Crippen molar-refractivity contribution in [3.63, 3.8) is 0 Å². The van der Waals surface area contributed by atoms with E-state index in [0.717, 1.165) is 5.75 Å². The molecule has 0 radical (unpaired) electrons. The molecule has 0 fully saturated rings. The first-order valence-corrected chi connectivity index (χ1v) is 6.76. The number of rotatable bonds is 4. The summed E-state index contributed by atoms with van der Waals surface area (Å²) in [6.45, 7) is 2.01. The maximum Gasteiger partial charge on any atom is 0.0266 e. The van der Waals surface area contributed by atoms with Crippen molar-refractivity contribution in [2.24, 2.45) is 5.73 Å². The van der Waals surface area contributed by atoms with Gasteiger partial charge in [0, 0.05) is 16.7 Å². The lowest BCUT2D eigenvalue weighted by Gasteiger charge is -2.06. The van der Waals surface area contributed by atoms with E-state index in [1.807, 2.05) is 24.8 Å². The average Bonchev–Trinajstić information content (AvgIpc) is 2.38. The van der Waals surface area contributed by atoms with E-state index in [4.69, 9.17) is 5.73 Å². The van der Waals surface area contributed by atoms with Gasteiger partial charge in [-0.05, 0) is 30.2 Å². The van der Waals surface area contributed by atoms with Crippen molar-refractivity contribution in [2.75, 3.05) is 0 Å². The standard InChI is InChI=1S/C15H17NS/c1-12(16)14-7-9-15(10-8-14)17-11-13-5-3-2-4-6-13/h2-10,12H,11,16H2,1H3/t12-/m1/s1. The number of benzene rings is 2. The summed E-state index contributed by atoms with van der Waals surface area (Å²) in [5.41, 5.74) is 8.37. The van der Waals surface area contributed by atoms with Crippen LogP contribution in [0, 0.1) is 0 Å². The molecule has 1 nitrogen and oxygen atoms in total. The van der Waals surface area contributed by atoms with E-state index in [1.54, 1.807) is 0 Å². The molecule has 0 saturated heterocycles. The molecule has 0 aliphatic rings. The van der Waals surface area contributed by atoms with Crippen LogP contribution in [0.5, 0.6) is 0 Å². The van der Waals surface area contributed by atoms with Gasteiger partial charge in [0.25, 0.3) is 0 Å². The van der Waals surface area contributed by atoms with Crippen LogP contribution in [0.3, 0.4) is 0 Å². The van der Waals surface area contributed by atoms with Gasteiger partial charge < -0.3 is 5.73 Å². The molecule has 0 amide bonds. The van der Waals surface area contributed by atoms with Gasteiger partial charge in [-0.15, -0.1) is 11.8 Å². The van der Waals surface area contributed by atoms with Gasteiger partial charge in [-0.3, -0.25) is 0 Å². The Balaban J connectivity index is 1.96. The first-order valence-electron chi connectivity index (χ1n) is 5.78. The normalized spacial score (nSPS) is 12.4. The summed E-state index contributed by atoms with van der Waals surface area (Å²) in [4.78, 5) is 1.29. The fourth-order valence-electron chi connectivity index (χ4n) is 1.61. The van der Waals surface area contributed by atoms with Crippen LogP contribution in [0.1, 0.15) is 24.1 Å². The minimum atomic E-state index is 0.114. The Hall–Kier alpha value is -1.25. The van der Waals surface area contributed by atoms with Gasteiger partial charge in [-0.2, -0.15) is 0 Å². The molecule has 0 heterocycles. The first-order chi connectivity index (χ1) is 8.25. The summed E-state index contributed by atoms with van der Waals surface area (Å²) in [5.74, 6) is 1.01. The third kappa shape index (κ3) is 3.62. The molecule has 0 aromatic heterocycles. The lowest BCUT2D eigenvalue weighted by Crippen LogP contribution is -2.04. The summed E-state index contributed by atoms with van der Waals surface area (Å²) >= 11 is 1.85. The van der Waals surface area contributed by atoms with Crippen LogP contribution in [-0.2, 0) is 5.75 Å².